The van der Waals surface area contributed by atoms with E-state index in [0.717, 1.165) is 5.56 Å². The molecule has 2 rings (SSSR count). The lowest BCUT2D eigenvalue weighted by atomic mass is 10.1. The number of aliphatic carboxylic acids is 1. The second kappa shape index (κ2) is 5.52. The lowest BCUT2D eigenvalue weighted by Gasteiger charge is -2.24. The number of benzene rings is 1. The topological polar surface area (TPSA) is 57.6 Å². The van der Waals surface area contributed by atoms with Gasteiger partial charge in [-0.15, -0.1) is 0 Å². The van der Waals surface area contributed by atoms with Gasteiger partial charge in [-0.1, -0.05) is 46.3 Å². The normalized spacial score (nSPS) is 21.1. The summed E-state index contributed by atoms with van der Waals surface area (Å²) < 4.78 is 0. The SMILES string of the molecule is O=C(O)[C@H](Cc1ccccc1)N1CC(Br)CC1=O. The van der Waals surface area contributed by atoms with E-state index in [1.807, 2.05) is 30.3 Å². The van der Waals surface area contributed by atoms with Gasteiger partial charge < -0.3 is 10.0 Å². The van der Waals surface area contributed by atoms with Crippen LogP contribution in [0.1, 0.15) is 12.0 Å². The smallest absolute Gasteiger partial charge is 0.326 e. The van der Waals surface area contributed by atoms with Gasteiger partial charge in [0.05, 0.1) is 0 Å². The maximum atomic E-state index is 11.8. The molecule has 0 spiro atoms. The molecule has 1 fully saturated rings. The lowest BCUT2D eigenvalue weighted by Crippen LogP contribution is -2.43. The monoisotopic (exact) mass is 311 g/mol. The van der Waals surface area contributed by atoms with E-state index in [4.69, 9.17) is 0 Å². The Morgan fingerprint density at radius 2 is 2.11 bits per heavy atom. The zero-order valence-electron chi connectivity index (χ0n) is 9.75. The largest absolute Gasteiger partial charge is 0.480 e. The van der Waals surface area contributed by atoms with E-state index in [9.17, 15) is 14.7 Å². The van der Waals surface area contributed by atoms with Gasteiger partial charge in [-0.3, -0.25) is 4.79 Å². The Morgan fingerprint density at radius 1 is 1.44 bits per heavy atom. The van der Waals surface area contributed by atoms with Crippen LogP contribution in [0.5, 0.6) is 0 Å². The van der Waals surface area contributed by atoms with E-state index in [0.29, 0.717) is 19.4 Å². The fraction of sp³-hybridized carbons (Fsp3) is 0.385. The third kappa shape index (κ3) is 2.90. The number of nitrogens with zero attached hydrogens (tertiary/aromatic N) is 1. The number of carboxylic acid groups (broad SMARTS) is 1. The van der Waals surface area contributed by atoms with Gasteiger partial charge in [0.1, 0.15) is 6.04 Å². The zero-order chi connectivity index (χ0) is 13.1. The highest BCUT2D eigenvalue weighted by atomic mass is 79.9. The molecule has 4 nitrogen and oxygen atoms in total. The van der Waals surface area contributed by atoms with Crippen LogP contribution in [0.3, 0.4) is 0 Å². The predicted octanol–water partition coefficient (Wildman–Crippen LogP) is 1.68. The first-order chi connectivity index (χ1) is 8.58. The van der Waals surface area contributed by atoms with Crippen molar-refractivity contribution in [1.82, 2.24) is 4.90 Å². The molecule has 0 aliphatic carbocycles. The van der Waals surface area contributed by atoms with E-state index in [2.05, 4.69) is 15.9 Å². The first kappa shape index (κ1) is 13.1. The number of rotatable bonds is 4. The third-order valence-electron chi connectivity index (χ3n) is 3.04. The van der Waals surface area contributed by atoms with Crippen molar-refractivity contribution in [3.63, 3.8) is 0 Å². The Bertz CT molecular complexity index is 449. The summed E-state index contributed by atoms with van der Waals surface area (Å²) in [6.45, 7) is 0.461. The van der Waals surface area contributed by atoms with Gasteiger partial charge in [-0.05, 0) is 5.56 Å². The second-order valence-electron chi connectivity index (χ2n) is 4.39. The summed E-state index contributed by atoms with van der Waals surface area (Å²) in [5.41, 5.74) is 0.927. The molecule has 1 saturated heterocycles. The first-order valence-corrected chi connectivity index (χ1v) is 6.69. The van der Waals surface area contributed by atoms with Gasteiger partial charge in [0.25, 0.3) is 0 Å². The van der Waals surface area contributed by atoms with Gasteiger partial charge in [-0.2, -0.15) is 0 Å². The molecule has 18 heavy (non-hydrogen) atoms. The van der Waals surface area contributed by atoms with Crippen molar-refractivity contribution >= 4 is 27.8 Å². The first-order valence-electron chi connectivity index (χ1n) is 5.78. The minimum atomic E-state index is -0.950. The molecule has 1 aromatic carbocycles. The number of hydrogen-bond donors (Lipinski definition) is 1. The highest BCUT2D eigenvalue weighted by Gasteiger charge is 2.36. The molecule has 96 valence electrons. The van der Waals surface area contributed by atoms with E-state index in [1.165, 1.54) is 4.90 Å². The number of carbonyl (C=O) groups excluding carboxylic acids is 1. The molecular formula is C13H14BrNO3. The number of hydrogen-bond acceptors (Lipinski definition) is 2. The highest BCUT2D eigenvalue weighted by molar-refractivity contribution is 9.09. The Hall–Kier alpha value is -1.36. The quantitative estimate of drug-likeness (QED) is 0.861. The molecule has 0 bridgehead atoms. The zero-order valence-corrected chi connectivity index (χ0v) is 11.3. The molecule has 0 aromatic heterocycles. The lowest BCUT2D eigenvalue weighted by molar-refractivity contribution is -0.148. The Kier molecular flexibility index (Phi) is 4.01. The van der Waals surface area contributed by atoms with Crippen LogP contribution in [0.4, 0.5) is 0 Å². The summed E-state index contributed by atoms with van der Waals surface area (Å²) in [4.78, 5) is 24.6. The Morgan fingerprint density at radius 3 is 2.61 bits per heavy atom. The van der Waals surface area contributed by atoms with Crippen LogP contribution < -0.4 is 0 Å². The van der Waals surface area contributed by atoms with Gasteiger partial charge in [-0.25, -0.2) is 4.79 Å². The Balaban J connectivity index is 2.14. The van der Waals surface area contributed by atoms with E-state index in [1.54, 1.807) is 0 Å². The van der Waals surface area contributed by atoms with Crippen LogP contribution in [0.2, 0.25) is 0 Å². The van der Waals surface area contributed by atoms with Crippen LogP contribution in [0.15, 0.2) is 30.3 Å². The van der Waals surface area contributed by atoms with E-state index < -0.39 is 12.0 Å². The minimum absolute atomic E-state index is 0.0580. The van der Waals surface area contributed by atoms with Gasteiger partial charge in [0, 0.05) is 24.2 Å². The van der Waals surface area contributed by atoms with Crippen molar-refractivity contribution in [3.05, 3.63) is 35.9 Å². The summed E-state index contributed by atoms with van der Waals surface area (Å²) in [6, 6.07) is 8.60. The summed E-state index contributed by atoms with van der Waals surface area (Å²) >= 11 is 3.37. The number of carboxylic acids is 1. The number of alkyl halides is 1. The molecule has 1 aliphatic rings. The molecule has 1 heterocycles. The number of halogens is 1. The average molecular weight is 312 g/mol. The number of likely N-dealkylation sites (tertiary alicyclic amines) is 1. The van der Waals surface area contributed by atoms with Crippen LogP contribution in [-0.4, -0.2) is 39.3 Å². The molecule has 5 heteroatoms. The standard InChI is InChI=1S/C13H14BrNO3/c14-10-7-12(16)15(8-10)11(13(17)18)6-9-4-2-1-3-5-9/h1-5,10-11H,6-8H2,(H,17,18)/t10?,11-/m0/s1. The van der Waals surface area contributed by atoms with Crippen LogP contribution in [-0.2, 0) is 16.0 Å². The fourth-order valence-corrected chi connectivity index (χ4v) is 2.74. The fourth-order valence-electron chi connectivity index (χ4n) is 2.16. The molecule has 1 N–H and O–H groups in total. The summed E-state index contributed by atoms with van der Waals surface area (Å²) in [7, 11) is 0. The molecule has 2 atom stereocenters. The van der Waals surface area contributed by atoms with Crippen molar-refractivity contribution in [2.45, 2.75) is 23.7 Å². The van der Waals surface area contributed by atoms with Crippen molar-refractivity contribution in [2.24, 2.45) is 0 Å². The van der Waals surface area contributed by atoms with E-state index >= 15 is 0 Å². The predicted molar refractivity (Wildman–Crippen MR) is 70.6 cm³/mol. The molecule has 0 saturated carbocycles. The minimum Gasteiger partial charge on any atom is -0.480 e. The van der Waals surface area contributed by atoms with Crippen molar-refractivity contribution < 1.29 is 14.7 Å². The number of amides is 1. The molecule has 1 aliphatic heterocycles. The summed E-state index contributed by atoms with van der Waals surface area (Å²) in [6.07, 6.45) is 0.722. The summed E-state index contributed by atoms with van der Waals surface area (Å²) in [5.74, 6) is -1.05. The average Bonchev–Trinajstić information content (AvgIpc) is 2.66. The summed E-state index contributed by atoms with van der Waals surface area (Å²) in [5, 5.41) is 9.29. The molecular weight excluding hydrogens is 298 g/mol. The van der Waals surface area contributed by atoms with Crippen molar-refractivity contribution in [2.75, 3.05) is 6.54 Å². The van der Waals surface area contributed by atoms with Crippen molar-refractivity contribution in [3.8, 4) is 0 Å². The molecule has 1 aromatic rings. The van der Waals surface area contributed by atoms with E-state index in [-0.39, 0.29) is 10.7 Å². The number of carbonyl (C=O) groups is 2. The van der Waals surface area contributed by atoms with Crippen LogP contribution >= 0.6 is 15.9 Å². The molecule has 0 radical (unpaired) electrons. The van der Waals surface area contributed by atoms with Crippen LogP contribution in [0.25, 0.3) is 0 Å². The maximum absolute atomic E-state index is 11.8. The highest BCUT2D eigenvalue weighted by Crippen LogP contribution is 2.22. The molecule has 1 amide bonds. The van der Waals surface area contributed by atoms with Crippen LogP contribution in [0, 0.1) is 0 Å². The third-order valence-corrected chi connectivity index (χ3v) is 3.66. The molecule has 1 unspecified atom stereocenters. The van der Waals surface area contributed by atoms with Gasteiger partial charge in [0.15, 0.2) is 0 Å². The Labute approximate surface area is 114 Å². The van der Waals surface area contributed by atoms with Gasteiger partial charge >= 0.3 is 5.97 Å². The maximum Gasteiger partial charge on any atom is 0.326 e. The van der Waals surface area contributed by atoms with Gasteiger partial charge in [0.2, 0.25) is 5.91 Å². The second-order valence-corrected chi connectivity index (χ2v) is 5.69. The van der Waals surface area contributed by atoms with Crippen molar-refractivity contribution in [1.29, 1.82) is 0 Å².